The van der Waals surface area contributed by atoms with Gasteiger partial charge < -0.3 is 20.3 Å². The Morgan fingerprint density at radius 1 is 1.45 bits per heavy atom. The number of hydrogen-bond acceptors (Lipinski definition) is 5. The highest BCUT2D eigenvalue weighted by Gasteiger charge is 2.06. The number of rotatable bonds is 9. The zero-order valence-corrected chi connectivity index (χ0v) is 12.5. The van der Waals surface area contributed by atoms with Crippen molar-refractivity contribution < 1.29 is 9.53 Å². The van der Waals surface area contributed by atoms with Gasteiger partial charge in [-0.15, -0.1) is 0 Å². The monoisotopic (exact) mass is 280 g/mol. The molecule has 0 saturated heterocycles. The third-order valence-electron chi connectivity index (χ3n) is 2.83. The van der Waals surface area contributed by atoms with E-state index < -0.39 is 0 Å². The summed E-state index contributed by atoms with van der Waals surface area (Å²) in [5.74, 6) is -0.145. The van der Waals surface area contributed by atoms with Gasteiger partial charge in [0.2, 0.25) is 0 Å². The summed E-state index contributed by atoms with van der Waals surface area (Å²) in [6.45, 7) is 5.82. The van der Waals surface area contributed by atoms with Crippen molar-refractivity contribution in [2.24, 2.45) is 0 Å². The van der Waals surface area contributed by atoms with Crippen LogP contribution in [0.4, 0.5) is 5.69 Å². The molecule has 1 amide bonds. The first kappa shape index (κ1) is 16.4. The maximum Gasteiger partial charge on any atom is 0.269 e. The van der Waals surface area contributed by atoms with E-state index in [2.05, 4.69) is 20.5 Å². The van der Waals surface area contributed by atoms with E-state index in [0.29, 0.717) is 12.2 Å². The van der Waals surface area contributed by atoms with Crippen LogP contribution in [0, 0.1) is 0 Å². The summed E-state index contributed by atoms with van der Waals surface area (Å²) in [5, 5.41) is 6.02. The molecule has 0 bridgehead atoms. The lowest BCUT2D eigenvalue weighted by atomic mass is 10.3. The Kier molecular flexibility index (Phi) is 7.60. The summed E-state index contributed by atoms with van der Waals surface area (Å²) < 4.78 is 5.03. The van der Waals surface area contributed by atoms with Crippen molar-refractivity contribution in [3.05, 3.63) is 24.0 Å². The lowest BCUT2D eigenvalue weighted by Gasteiger charge is -2.16. The van der Waals surface area contributed by atoms with E-state index in [1.807, 2.05) is 20.0 Å². The average Bonchev–Trinajstić information content (AvgIpc) is 2.45. The Balaban J connectivity index is 2.40. The molecule has 1 aromatic heterocycles. The number of carbonyl (C=O) groups is 1. The third-order valence-corrected chi connectivity index (χ3v) is 2.83. The van der Waals surface area contributed by atoms with Gasteiger partial charge in [0, 0.05) is 45.2 Å². The molecule has 0 radical (unpaired) electrons. The predicted molar refractivity (Wildman–Crippen MR) is 80.1 cm³/mol. The Morgan fingerprint density at radius 3 is 2.95 bits per heavy atom. The second kappa shape index (κ2) is 9.28. The van der Waals surface area contributed by atoms with Crippen LogP contribution in [0.2, 0.25) is 0 Å². The van der Waals surface area contributed by atoms with E-state index in [0.717, 1.165) is 31.9 Å². The van der Waals surface area contributed by atoms with Gasteiger partial charge in [0.05, 0.1) is 6.61 Å². The minimum absolute atomic E-state index is 0.145. The van der Waals surface area contributed by atoms with Crippen LogP contribution < -0.4 is 10.6 Å². The smallest absolute Gasteiger partial charge is 0.269 e. The van der Waals surface area contributed by atoms with Crippen LogP contribution in [0.1, 0.15) is 17.4 Å². The minimum atomic E-state index is -0.145. The SMILES string of the molecule is CCNC(=O)c1cc(NCCN(C)CCOC)ccn1. The summed E-state index contributed by atoms with van der Waals surface area (Å²) in [4.78, 5) is 17.9. The summed E-state index contributed by atoms with van der Waals surface area (Å²) in [6.07, 6.45) is 1.64. The van der Waals surface area contributed by atoms with Crippen LogP contribution in [0.3, 0.4) is 0 Å². The Labute approximate surface area is 120 Å². The molecule has 0 aliphatic heterocycles. The molecule has 1 heterocycles. The van der Waals surface area contributed by atoms with Gasteiger partial charge in [-0.1, -0.05) is 0 Å². The van der Waals surface area contributed by atoms with Crippen molar-refractivity contribution in [2.75, 3.05) is 52.3 Å². The molecule has 0 aliphatic carbocycles. The number of aromatic nitrogens is 1. The Bertz CT molecular complexity index is 412. The van der Waals surface area contributed by atoms with Crippen LogP contribution in [0.25, 0.3) is 0 Å². The van der Waals surface area contributed by atoms with E-state index in [1.165, 1.54) is 0 Å². The average molecular weight is 280 g/mol. The Morgan fingerprint density at radius 2 is 2.25 bits per heavy atom. The molecule has 6 heteroatoms. The van der Waals surface area contributed by atoms with Gasteiger partial charge in [-0.3, -0.25) is 9.78 Å². The van der Waals surface area contributed by atoms with Gasteiger partial charge in [0.1, 0.15) is 5.69 Å². The number of nitrogens with one attached hydrogen (secondary N) is 2. The fourth-order valence-electron chi connectivity index (χ4n) is 1.67. The number of pyridine rings is 1. The molecule has 20 heavy (non-hydrogen) atoms. The third kappa shape index (κ3) is 5.99. The molecule has 0 unspecified atom stereocenters. The topological polar surface area (TPSA) is 66.5 Å². The fraction of sp³-hybridized carbons (Fsp3) is 0.571. The zero-order chi connectivity index (χ0) is 14.8. The molecular weight excluding hydrogens is 256 g/mol. The van der Waals surface area contributed by atoms with Crippen LogP contribution in [-0.4, -0.2) is 62.7 Å². The molecule has 112 valence electrons. The van der Waals surface area contributed by atoms with Crippen molar-refractivity contribution in [1.29, 1.82) is 0 Å². The first-order valence-electron chi connectivity index (χ1n) is 6.83. The first-order chi connectivity index (χ1) is 9.67. The minimum Gasteiger partial charge on any atom is -0.384 e. The lowest BCUT2D eigenvalue weighted by molar-refractivity contribution is 0.0951. The molecule has 0 spiro atoms. The van der Waals surface area contributed by atoms with Crippen molar-refractivity contribution in [3.8, 4) is 0 Å². The van der Waals surface area contributed by atoms with Gasteiger partial charge in [0.15, 0.2) is 0 Å². The van der Waals surface area contributed by atoms with Crippen LogP contribution in [0.15, 0.2) is 18.3 Å². The number of ether oxygens (including phenoxy) is 1. The number of carbonyl (C=O) groups excluding carboxylic acids is 1. The van der Waals surface area contributed by atoms with Crippen LogP contribution in [-0.2, 0) is 4.74 Å². The van der Waals surface area contributed by atoms with Gasteiger partial charge >= 0.3 is 0 Å². The van der Waals surface area contributed by atoms with E-state index in [-0.39, 0.29) is 5.91 Å². The zero-order valence-electron chi connectivity index (χ0n) is 12.5. The van der Waals surface area contributed by atoms with Gasteiger partial charge in [-0.05, 0) is 26.1 Å². The van der Waals surface area contributed by atoms with Crippen molar-refractivity contribution in [1.82, 2.24) is 15.2 Å². The number of nitrogens with zero attached hydrogens (tertiary/aromatic N) is 2. The lowest BCUT2D eigenvalue weighted by Crippen LogP contribution is -2.28. The molecule has 0 aromatic carbocycles. The second-order valence-electron chi connectivity index (χ2n) is 4.51. The maximum atomic E-state index is 11.7. The molecule has 1 aromatic rings. The van der Waals surface area contributed by atoms with Crippen molar-refractivity contribution >= 4 is 11.6 Å². The fourth-order valence-corrected chi connectivity index (χ4v) is 1.67. The Hall–Kier alpha value is -1.66. The van der Waals surface area contributed by atoms with Crippen molar-refractivity contribution in [2.45, 2.75) is 6.92 Å². The summed E-state index contributed by atoms with van der Waals surface area (Å²) >= 11 is 0. The molecule has 0 fully saturated rings. The van der Waals surface area contributed by atoms with Gasteiger partial charge in [-0.25, -0.2) is 0 Å². The standard InChI is InChI=1S/C14H24N4O2/c1-4-15-14(19)13-11-12(5-6-17-13)16-7-8-18(2)9-10-20-3/h5-6,11H,4,7-10H2,1-3H3,(H,15,19)(H,16,17). The summed E-state index contributed by atoms with van der Waals surface area (Å²) in [6, 6.07) is 3.62. The van der Waals surface area contributed by atoms with E-state index in [1.54, 1.807) is 19.4 Å². The summed E-state index contributed by atoms with van der Waals surface area (Å²) in [5.41, 5.74) is 1.34. The number of amides is 1. The highest BCUT2D eigenvalue weighted by Crippen LogP contribution is 2.07. The first-order valence-corrected chi connectivity index (χ1v) is 6.83. The van der Waals surface area contributed by atoms with Crippen LogP contribution in [0.5, 0.6) is 0 Å². The normalized spacial score (nSPS) is 10.6. The van der Waals surface area contributed by atoms with E-state index in [9.17, 15) is 4.79 Å². The van der Waals surface area contributed by atoms with E-state index in [4.69, 9.17) is 4.74 Å². The largest absolute Gasteiger partial charge is 0.384 e. The molecule has 0 atom stereocenters. The second-order valence-corrected chi connectivity index (χ2v) is 4.51. The quantitative estimate of drug-likeness (QED) is 0.701. The van der Waals surface area contributed by atoms with Gasteiger partial charge in [-0.2, -0.15) is 0 Å². The van der Waals surface area contributed by atoms with Crippen LogP contribution >= 0.6 is 0 Å². The summed E-state index contributed by atoms with van der Waals surface area (Å²) in [7, 11) is 3.75. The molecule has 0 aliphatic rings. The highest BCUT2D eigenvalue weighted by atomic mass is 16.5. The molecular formula is C14H24N4O2. The number of hydrogen-bond donors (Lipinski definition) is 2. The van der Waals surface area contributed by atoms with Gasteiger partial charge in [0.25, 0.3) is 5.91 Å². The van der Waals surface area contributed by atoms with Crippen molar-refractivity contribution in [3.63, 3.8) is 0 Å². The predicted octanol–water partition coefficient (Wildman–Crippen LogP) is 0.821. The molecule has 6 nitrogen and oxygen atoms in total. The highest BCUT2D eigenvalue weighted by molar-refractivity contribution is 5.93. The molecule has 0 saturated carbocycles. The number of methoxy groups -OCH3 is 1. The molecule has 1 rings (SSSR count). The number of anilines is 1. The van der Waals surface area contributed by atoms with E-state index >= 15 is 0 Å². The molecule has 2 N–H and O–H groups in total. The maximum absolute atomic E-state index is 11.7. The number of likely N-dealkylation sites (N-methyl/N-ethyl adjacent to an activating group) is 1.